The molecule has 1 aliphatic rings. The number of methoxy groups -OCH3 is 1. The largest absolute Gasteiger partial charge is 0.493 e. The summed E-state index contributed by atoms with van der Waals surface area (Å²) in [5, 5.41) is 3.39. The molecule has 1 N–H and O–H groups in total. The number of carbonyl (C=O) groups excluding carboxylic acids is 1. The zero-order chi connectivity index (χ0) is 25.1. The molecule has 35 heavy (non-hydrogen) atoms. The maximum absolute atomic E-state index is 12.6. The summed E-state index contributed by atoms with van der Waals surface area (Å²) in [6, 6.07) is 15.6. The first-order valence-corrected chi connectivity index (χ1v) is 13.7. The Morgan fingerprint density at radius 2 is 1.69 bits per heavy atom. The van der Waals surface area contributed by atoms with Crippen molar-refractivity contribution < 1.29 is 14.3 Å². The molecule has 1 saturated heterocycles. The highest BCUT2D eigenvalue weighted by Crippen LogP contribution is 2.37. The van der Waals surface area contributed by atoms with Gasteiger partial charge in [0.1, 0.15) is 6.61 Å². The molecule has 0 spiro atoms. The molecule has 0 unspecified atom stereocenters. The van der Waals surface area contributed by atoms with E-state index in [-0.39, 0.29) is 5.91 Å². The normalized spacial score (nSPS) is 15.5. The minimum atomic E-state index is -0.194. The van der Waals surface area contributed by atoms with Gasteiger partial charge in [0.2, 0.25) is 0 Å². The smallest absolute Gasteiger partial charge is 0.264 e. The first kappa shape index (κ1) is 26.0. The maximum atomic E-state index is 12.6. The van der Waals surface area contributed by atoms with Crippen LogP contribution in [0.4, 0.5) is 5.69 Å². The van der Waals surface area contributed by atoms with Crippen LogP contribution in [0.3, 0.4) is 0 Å². The van der Waals surface area contributed by atoms with Crippen molar-refractivity contribution in [1.29, 1.82) is 0 Å². The number of amides is 1. The molecule has 0 aromatic heterocycles. The Labute approximate surface area is 233 Å². The molecular formula is C26H21Br3N2O3S. The second-order valence-corrected chi connectivity index (χ2v) is 11.4. The van der Waals surface area contributed by atoms with Crippen LogP contribution in [0.1, 0.15) is 22.3 Å². The van der Waals surface area contributed by atoms with E-state index in [9.17, 15) is 4.79 Å². The number of hydrogen-bond acceptors (Lipinski definition) is 5. The van der Waals surface area contributed by atoms with Crippen molar-refractivity contribution in [2.24, 2.45) is 4.99 Å². The molecule has 1 aliphatic heterocycles. The fourth-order valence-corrected chi connectivity index (χ4v) is 5.16. The van der Waals surface area contributed by atoms with Crippen molar-refractivity contribution in [2.45, 2.75) is 20.5 Å². The van der Waals surface area contributed by atoms with E-state index < -0.39 is 0 Å². The number of rotatable bonds is 6. The van der Waals surface area contributed by atoms with E-state index in [0.717, 1.165) is 41.4 Å². The third kappa shape index (κ3) is 6.39. The number of amidine groups is 1. The highest BCUT2D eigenvalue weighted by Gasteiger charge is 2.24. The second-order valence-electron chi connectivity index (χ2n) is 7.82. The Balaban J connectivity index is 1.54. The third-order valence-electron chi connectivity index (χ3n) is 5.18. The molecule has 3 aromatic rings. The maximum Gasteiger partial charge on any atom is 0.264 e. The predicted molar refractivity (Wildman–Crippen MR) is 154 cm³/mol. The van der Waals surface area contributed by atoms with Gasteiger partial charge in [0, 0.05) is 13.4 Å². The van der Waals surface area contributed by atoms with Gasteiger partial charge in [-0.15, -0.1) is 0 Å². The minimum absolute atomic E-state index is 0.194. The number of nitrogens with zero attached hydrogens (tertiary/aromatic N) is 1. The van der Waals surface area contributed by atoms with Gasteiger partial charge in [-0.1, -0.05) is 59.9 Å². The number of ether oxygens (including phenoxy) is 2. The van der Waals surface area contributed by atoms with Gasteiger partial charge in [0.15, 0.2) is 16.7 Å². The Bertz CT molecular complexity index is 1330. The Hall–Kier alpha value is -2.07. The SMILES string of the molecule is COc1cc(/C=C2\SC(=Nc3cc(C)c(Br)c(C)c3)NC2=O)c(Br)cc1OCc1ccc(Br)cc1. The van der Waals surface area contributed by atoms with Gasteiger partial charge in [-0.05, 0) is 90.3 Å². The Kier molecular flexibility index (Phi) is 8.42. The number of thioether (sulfide) groups is 1. The number of hydrogen-bond donors (Lipinski definition) is 1. The standard InChI is InChI=1S/C26H21Br3N2O3S/c1-14-8-19(9-15(2)24(14)29)30-26-31-25(32)23(35-26)11-17-10-21(33-3)22(12-20(17)28)34-13-16-4-6-18(27)7-5-16/h4-12H,13H2,1-3H3,(H,30,31,32)/b23-11-. The summed E-state index contributed by atoms with van der Waals surface area (Å²) in [5.74, 6) is 0.993. The van der Waals surface area contributed by atoms with Crippen molar-refractivity contribution >= 4 is 82.4 Å². The first-order chi connectivity index (χ1) is 16.7. The van der Waals surface area contributed by atoms with Gasteiger partial charge in [-0.25, -0.2) is 4.99 Å². The monoisotopic (exact) mass is 678 g/mol. The molecule has 1 amide bonds. The van der Waals surface area contributed by atoms with Gasteiger partial charge in [0.25, 0.3) is 5.91 Å². The van der Waals surface area contributed by atoms with Crippen LogP contribution in [0.2, 0.25) is 0 Å². The summed E-state index contributed by atoms with van der Waals surface area (Å²) in [6.07, 6.45) is 1.81. The fourth-order valence-electron chi connectivity index (χ4n) is 3.40. The van der Waals surface area contributed by atoms with E-state index in [1.165, 1.54) is 11.8 Å². The van der Waals surface area contributed by atoms with Crippen LogP contribution in [0.15, 0.2) is 71.8 Å². The minimum Gasteiger partial charge on any atom is -0.493 e. The van der Waals surface area contributed by atoms with Gasteiger partial charge in [0.05, 0.1) is 17.7 Å². The summed E-state index contributed by atoms with van der Waals surface area (Å²) in [7, 11) is 1.59. The van der Waals surface area contributed by atoms with Crippen LogP contribution >= 0.6 is 59.6 Å². The molecule has 1 heterocycles. The van der Waals surface area contributed by atoms with E-state index in [1.807, 2.05) is 68.5 Å². The average Bonchev–Trinajstić information content (AvgIpc) is 3.16. The molecule has 0 atom stereocenters. The molecule has 0 saturated carbocycles. The van der Waals surface area contributed by atoms with Gasteiger partial charge < -0.3 is 14.8 Å². The number of aryl methyl sites for hydroxylation is 2. The van der Waals surface area contributed by atoms with E-state index >= 15 is 0 Å². The molecule has 0 radical (unpaired) electrons. The Morgan fingerprint density at radius 3 is 2.34 bits per heavy atom. The lowest BCUT2D eigenvalue weighted by atomic mass is 10.1. The molecule has 1 fully saturated rings. The molecular weight excluding hydrogens is 660 g/mol. The van der Waals surface area contributed by atoms with Crippen LogP contribution in [0.25, 0.3) is 6.08 Å². The molecule has 9 heteroatoms. The fraction of sp³-hybridized carbons (Fsp3) is 0.154. The molecule has 0 bridgehead atoms. The Morgan fingerprint density at radius 1 is 1.00 bits per heavy atom. The lowest BCUT2D eigenvalue weighted by molar-refractivity contribution is -0.115. The topological polar surface area (TPSA) is 59.9 Å². The summed E-state index contributed by atoms with van der Waals surface area (Å²) in [4.78, 5) is 17.8. The third-order valence-corrected chi connectivity index (χ3v) is 8.56. The van der Waals surface area contributed by atoms with Crippen LogP contribution in [-0.4, -0.2) is 18.2 Å². The van der Waals surface area contributed by atoms with E-state index in [4.69, 9.17) is 9.47 Å². The highest BCUT2D eigenvalue weighted by molar-refractivity contribution is 9.11. The number of aliphatic imine (C=N–C) groups is 1. The molecule has 5 nitrogen and oxygen atoms in total. The van der Waals surface area contributed by atoms with Gasteiger partial charge in [-0.2, -0.15) is 0 Å². The van der Waals surface area contributed by atoms with Gasteiger partial charge >= 0.3 is 0 Å². The van der Waals surface area contributed by atoms with E-state index in [1.54, 1.807) is 7.11 Å². The summed E-state index contributed by atoms with van der Waals surface area (Å²) in [6.45, 7) is 4.44. The molecule has 3 aromatic carbocycles. The second kappa shape index (κ2) is 11.3. The zero-order valence-corrected chi connectivity index (χ0v) is 24.7. The quantitative estimate of drug-likeness (QED) is 0.268. The van der Waals surface area contributed by atoms with Crippen molar-refractivity contribution in [2.75, 3.05) is 7.11 Å². The number of nitrogens with one attached hydrogen (secondary N) is 1. The summed E-state index contributed by atoms with van der Waals surface area (Å²) in [5.41, 5.74) is 4.81. The summed E-state index contributed by atoms with van der Waals surface area (Å²) < 4.78 is 14.4. The van der Waals surface area contributed by atoms with Crippen LogP contribution in [0, 0.1) is 13.8 Å². The highest BCUT2D eigenvalue weighted by atomic mass is 79.9. The lowest BCUT2D eigenvalue weighted by Gasteiger charge is -2.13. The van der Waals surface area contributed by atoms with E-state index in [2.05, 4.69) is 58.1 Å². The molecule has 4 rings (SSSR count). The average molecular weight is 681 g/mol. The van der Waals surface area contributed by atoms with Gasteiger partial charge in [-0.3, -0.25) is 4.79 Å². The van der Waals surface area contributed by atoms with Crippen molar-refractivity contribution in [3.63, 3.8) is 0 Å². The number of carbonyl (C=O) groups is 1. The lowest BCUT2D eigenvalue weighted by Crippen LogP contribution is -2.19. The number of halogens is 3. The van der Waals surface area contributed by atoms with Crippen molar-refractivity contribution in [3.05, 3.63) is 89.1 Å². The van der Waals surface area contributed by atoms with Crippen molar-refractivity contribution in [1.82, 2.24) is 5.32 Å². The number of benzene rings is 3. The first-order valence-electron chi connectivity index (χ1n) is 10.5. The van der Waals surface area contributed by atoms with Crippen LogP contribution in [0.5, 0.6) is 11.5 Å². The summed E-state index contributed by atoms with van der Waals surface area (Å²) >= 11 is 11.9. The zero-order valence-electron chi connectivity index (χ0n) is 19.1. The molecule has 180 valence electrons. The van der Waals surface area contributed by atoms with Crippen molar-refractivity contribution in [3.8, 4) is 11.5 Å². The van der Waals surface area contributed by atoms with Crippen LogP contribution < -0.4 is 14.8 Å². The van der Waals surface area contributed by atoms with E-state index in [0.29, 0.717) is 28.2 Å². The predicted octanol–water partition coefficient (Wildman–Crippen LogP) is 8.07. The molecule has 0 aliphatic carbocycles. The van der Waals surface area contributed by atoms with Crippen LogP contribution in [-0.2, 0) is 11.4 Å².